The van der Waals surface area contributed by atoms with Gasteiger partial charge in [-0.1, -0.05) is 23.2 Å². The normalized spacial score (nSPS) is 17.9. The van der Waals surface area contributed by atoms with Crippen molar-refractivity contribution in [1.29, 1.82) is 0 Å². The first-order valence-electron chi connectivity index (χ1n) is 4.79. The van der Waals surface area contributed by atoms with Gasteiger partial charge in [-0.3, -0.25) is 4.90 Å². The quantitative estimate of drug-likeness (QED) is 0.829. The molecule has 6 nitrogen and oxygen atoms in total. The van der Waals surface area contributed by atoms with E-state index in [1.165, 1.54) is 12.1 Å². The van der Waals surface area contributed by atoms with E-state index in [4.69, 9.17) is 38.2 Å². The fraction of sp³-hybridized carbons (Fsp3) is 0.200. The van der Waals surface area contributed by atoms with Crippen LogP contribution in [0.3, 0.4) is 0 Å². The Morgan fingerprint density at radius 1 is 1.28 bits per heavy atom. The molecule has 18 heavy (non-hydrogen) atoms. The Kier molecular flexibility index (Phi) is 3.23. The molecule has 1 atom stereocenters. The highest BCUT2D eigenvalue weighted by Gasteiger charge is 2.34. The molecule has 0 saturated heterocycles. The summed E-state index contributed by atoms with van der Waals surface area (Å²) in [5, 5.41) is 18.3. The van der Waals surface area contributed by atoms with E-state index in [9.17, 15) is 9.59 Å². The molecule has 1 heterocycles. The second-order valence-corrected chi connectivity index (χ2v) is 4.39. The van der Waals surface area contributed by atoms with Crippen molar-refractivity contribution in [3.63, 3.8) is 0 Å². The highest BCUT2D eigenvalue weighted by Crippen LogP contribution is 2.39. The van der Waals surface area contributed by atoms with Gasteiger partial charge < -0.3 is 14.9 Å². The Hall–Kier alpha value is -1.66. The van der Waals surface area contributed by atoms with Crippen LogP contribution >= 0.6 is 23.2 Å². The number of rotatable bonds is 1. The molecule has 1 aliphatic rings. The summed E-state index contributed by atoms with van der Waals surface area (Å²) in [5.41, 5.74) is 0.175. The highest BCUT2D eigenvalue weighted by molar-refractivity contribution is 6.42. The number of benzene rings is 1. The summed E-state index contributed by atoms with van der Waals surface area (Å²) >= 11 is 11.6. The van der Waals surface area contributed by atoms with Gasteiger partial charge in [0, 0.05) is 6.07 Å². The van der Waals surface area contributed by atoms with Gasteiger partial charge in [-0.25, -0.2) is 9.59 Å². The van der Waals surface area contributed by atoms with Crippen molar-refractivity contribution < 1.29 is 24.5 Å². The average molecular weight is 292 g/mol. The fourth-order valence-corrected chi connectivity index (χ4v) is 1.90. The number of carboxylic acids is 1. The Morgan fingerprint density at radius 2 is 1.89 bits per heavy atom. The number of hydrogen-bond donors (Lipinski definition) is 2. The summed E-state index contributed by atoms with van der Waals surface area (Å²) in [6.45, 7) is -0.310. The maximum absolute atomic E-state index is 11.1. The van der Waals surface area contributed by atoms with Gasteiger partial charge in [0.1, 0.15) is 5.75 Å². The van der Waals surface area contributed by atoms with E-state index >= 15 is 0 Å². The molecule has 2 rings (SSSR count). The monoisotopic (exact) mass is 291 g/mol. The van der Waals surface area contributed by atoms with E-state index < -0.39 is 18.2 Å². The molecule has 1 aromatic rings. The summed E-state index contributed by atoms with van der Waals surface area (Å²) in [6.07, 6.45) is -2.56. The predicted molar refractivity (Wildman–Crippen MR) is 63.9 cm³/mol. The molecule has 0 fully saturated rings. The highest BCUT2D eigenvalue weighted by atomic mass is 35.5. The van der Waals surface area contributed by atoms with Gasteiger partial charge in [0.05, 0.1) is 22.3 Å². The number of amides is 1. The van der Waals surface area contributed by atoms with E-state index in [0.29, 0.717) is 0 Å². The lowest BCUT2D eigenvalue weighted by molar-refractivity contribution is -0.144. The van der Waals surface area contributed by atoms with E-state index in [-0.39, 0.29) is 28.0 Å². The van der Waals surface area contributed by atoms with E-state index in [0.717, 1.165) is 4.90 Å². The SMILES string of the molecule is O=C(O)C1CN(C(=O)O)c2cc(Cl)c(Cl)cc2O1. The van der Waals surface area contributed by atoms with Gasteiger partial charge in [-0.15, -0.1) is 0 Å². The zero-order chi connectivity index (χ0) is 13.4. The van der Waals surface area contributed by atoms with E-state index in [1.807, 2.05) is 0 Å². The summed E-state index contributed by atoms with van der Waals surface area (Å²) in [4.78, 5) is 22.8. The standard InChI is InChI=1S/C10H7Cl2NO5/c11-4-1-6-7(2-5(4)12)18-8(9(14)15)3-13(6)10(16)17/h1-2,8H,3H2,(H,14,15)(H,16,17). The number of fused-ring (bicyclic) bond motifs is 1. The van der Waals surface area contributed by atoms with Crippen molar-refractivity contribution in [3.05, 3.63) is 22.2 Å². The lowest BCUT2D eigenvalue weighted by Crippen LogP contribution is -2.46. The Bertz CT molecular complexity index is 533. The van der Waals surface area contributed by atoms with E-state index in [2.05, 4.69) is 0 Å². The molecule has 1 aromatic carbocycles. The minimum atomic E-state index is -1.29. The zero-order valence-corrected chi connectivity index (χ0v) is 10.3. The minimum Gasteiger partial charge on any atom is -0.478 e. The van der Waals surface area contributed by atoms with Crippen LogP contribution in [0.1, 0.15) is 0 Å². The van der Waals surface area contributed by atoms with Crippen LogP contribution in [-0.2, 0) is 4.79 Å². The van der Waals surface area contributed by atoms with Crippen molar-refractivity contribution in [2.75, 3.05) is 11.4 Å². The molecular weight excluding hydrogens is 285 g/mol. The zero-order valence-electron chi connectivity index (χ0n) is 8.76. The Labute approximate surface area is 111 Å². The molecule has 0 aliphatic carbocycles. The maximum Gasteiger partial charge on any atom is 0.412 e. The van der Waals surface area contributed by atoms with Crippen LogP contribution in [0.15, 0.2) is 12.1 Å². The Balaban J connectivity index is 2.51. The second kappa shape index (κ2) is 4.55. The third-order valence-electron chi connectivity index (χ3n) is 2.42. The van der Waals surface area contributed by atoms with Crippen molar-refractivity contribution >= 4 is 41.0 Å². The first kappa shape index (κ1) is 12.8. The largest absolute Gasteiger partial charge is 0.478 e. The molecule has 0 saturated carbocycles. The molecular formula is C10H7Cl2NO5. The molecule has 0 spiro atoms. The summed E-state index contributed by atoms with van der Waals surface area (Å²) in [7, 11) is 0. The summed E-state index contributed by atoms with van der Waals surface area (Å²) in [6, 6.07) is 2.62. The van der Waals surface area contributed by atoms with Crippen LogP contribution in [0, 0.1) is 0 Å². The van der Waals surface area contributed by atoms with Gasteiger partial charge in [-0.05, 0) is 6.07 Å². The number of halogens is 2. The van der Waals surface area contributed by atoms with Crippen LogP contribution in [-0.4, -0.2) is 34.9 Å². The lowest BCUT2D eigenvalue weighted by atomic mass is 10.2. The third-order valence-corrected chi connectivity index (χ3v) is 3.14. The van der Waals surface area contributed by atoms with E-state index in [1.54, 1.807) is 0 Å². The van der Waals surface area contributed by atoms with Gasteiger partial charge in [0.2, 0.25) is 6.10 Å². The number of nitrogens with zero attached hydrogens (tertiary/aromatic N) is 1. The molecule has 1 aliphatic heterocycles. The van der Waals surface area contributed by atoms with Gasteiger partial charge in [0.25, 0.3) is 0 Å². The minimum absolute atomic E-state index is 0.0745. The van der Waals surface area contributed by atoms with Gasteiger partial charge in [-0.2, -0.15) is 0 Å². The summed E-state index contributed by atoms with van der Waals surface area (Å²) < 4.78 is 5.16. The van der Waals surface area contributed by atoms with Crippen LogP contribution in [0.25, 0.3) is 0 Å². The van der Waals surface area contributed by atoms with Crippen molar-refractivity contribution in [2.45, 2.75) is 6.10 Å². The topological polar surface area (TPSA) is 87.1 Å². The number of hydrogen-bond acceptors (Lipinski definition) is 3. The Morgan fingerprint density at radius 3 is 2.44 bits per heavy atom. The number of carboxylic acid groups (broad SMARTS) is 2. The third kappa shape index (κ3) is 2.16. The molecule has 1 unspecified atom stereocenters. The molecule has 1 amide bonds. The number of ether oxygens (including phenoxy) is 1. The maximum atomic E-state index is 11.1. The van der Waals surface area contributed by atoms with Crippen molar-refractivity contribution in [1.82, 2.24) is 0 Å². The second-order valence-electron chi connectivity index (χ2n) is 3.57. The molecule has 0 radical (unpaired) electrons. The molecule has 0 aromatic heterocycles. The van der Waals surface area contributed by atoms with Crippen LogP contribution in [0.2, 0.25) is 10.0 Å². The molecule has 96 valence electrons. The van der Waals surface area contributed by atoms with Crippen molar-refractivity contribution in [2.24, 2.45) is 0 Å². The molecule has 2 N–H and O–H groups in total. The van der Waals surface area contributed by atoms with Gasteiger partial charge >= 0.3 is 12.1 Å². The number of aliphatic carboxylic acids is 1. The molecule has 8 heteroatoms. The fourth-order valence-electron chi connectivity index (χ4n) is 1.59. The van der Waals surface area contributed by atoms with Gasteiger partial charge in [0.15, 0.2) is 0 Å². The lowest BCUT2D eigenvalue weighted by Gasteiger charge is -2.31. The number of anilines is 1. The number of carbonyl (C=O) groups is 2. The average Bonchev–Trinajstić information content (AvgIpc) is 2.29. The smallest absolute Gasteiger partial charge is 0.412 e. The van der Waals surface area contributed by atoms with Crippen LogP contribution < -0.4 is 9.64 Å². The first-order valence-corrected chi connectivity index (χ1v) is 5.54. The van der Waals surface area contributed by atoms with Crippen molar-refractivity contribution in [3.8, 4) is 5.75 Å². The predicted octanol–water partition coefficient (Wildman–Crippen LogP) is 2.32. The van der Waals surface area contributed by atoms with Crippen LogP contribution in [0.5, 0.6) is 5.75 Å². The van der Waals surface area contributed by atoms with Crippen LogP contribution in [0.4, 0.5) is 10.5 Å². The first-order chi connectivity index (χ1) is 8.40. The summed E-state index contributed by atoms with van der Waals surface area (Å²) in [5.74, 6) is -1.18. The molecule has 0 bridgehead atoms.